The molecule has 0 aliphatic carbocycles. The molecule has 0 bridgehead atoms. The van der Waals surface area contributed by atoms with E-state index in [0.717, 1.165) is 31.5 Å². The fourth-order valence-electron chi connectivity index (χ4n) is 2.58. The van der Waals surface area contributed by atoms with Gasteiger partial charge >= 0.3 is 5.76 Å². The highest BCUT2D eigenvalue weighted by molar-refractivity contribution is 7.91. The zero-order valence-corrected chi connectivity index (χ0v) is 14.8. The van der Waals surface area contributed by atoms with Crippen LogP contribution in [0.4, 0.5) is 8.78 Å². The first-order chi connectivity index (χ1) is 10.8. The summed E-state index contributed by atoms with van der Waals surface area (Å²) in [7, 11) is -4.59. The molecule has 2 unspecified atom stereocenters. The second kappa shape index (κ2) is 8.73. The smallest absolute Gasteiger partial charge is 0.341 e. The van der Waals surface area contributed by atoms with Gasteiger partial charge in [-0.2, -0.15) is 8.78 Å². The van der Waals surface area contributed by atoms with Crippen molar-refractivity contribution in [3.8, 4) is 0 Å². The van der Waals surface area contributed by atoms with Gasteiger partial charge in [0.25, 0.3) is 0 Å². The maximum atomic E-state index is 12.4. The molecule has 0 aromatic heterocycles. The number of amides is 1. The predicted octanol–water partition coefficient (Wildman–Crippen LogP) is 1.90. The lowest BCUT2D eigenvalue weighted by Gasteiger charge is -2.30. The number of benzene rings is 1. The van der Waals surface area contributed by atoms with E-state index in [0.29, 0.717) is 5.56 Å². The molecular weight excluding hydrogens is 362 g/mol. The maximum absolute atomic E-state index is 12.4. The van der Waals surface area contributed by atoms with E-state index in [1.165, 1.54) is 12.1 Å². The molecule has 1 heterocycles. The summed E-state index contributed by atoms with van der Waals surface area (Å²) in [5.74, 6) is -3.62. The molecule has 2 atom stereocenters. The number of nitrogens with one attached hydrogen (secondary N) is 2. The molecule has 1 aliphatic rings. The monoisotopic (exact) mass is 382 g/mol. The van der Waals surface area contributed by atoms with Crippen LogP contribution in [0.2, 0.25) is 0 Å². The van der Waals surface area contributed by atoms with Crippen LogP contribution >= 0.6 is 12.4 Å². The van der Waals surface area contributed by atoms with Crippen molar-refractivity contribution in [1.29, 1.82) is 0 Å². The van der Waals surface area contributed by atoms with Crippen molar-refractivity contribution in [3.05, 3.63) is 29.8 Å². The van der Waals surface area contributed by atoms with E-state index in [1.54, 1.807) is 0 Å². The van der Waals surface area contributed by atoms with Crippen LogP contribution in [0.5, 0.6) is 0 Å². The highest BCUT2D eigenvalue weighted by atomic mass is 35.5. The third-order valence-corrected chi connectivity index (χ3v) is 5.36. The number of piperidine rings is 1. The fourth-order valence-corrected chi connectivity index (χ4v) is 3.31. The molecule has 0 radical (unpaired) electrons. The number of rotatable bonds is 5. The van der Waals surface area contributed by atoms with Crippen LogP contribution in [-0.4, -0.2) is 38.7 Å². The SMILES string of the molecule is CC1NCCCC1NC(=O)Cc1ccc(S(=O)(=O)C(F)F)cc1.Cl. The highest BCUT2D eigenvalue weighted by Gasteiger charge is 2.26. The maximum Gasteiger partial charge on any atom is 0.341 e. The molecule has 1 amide bonds. The molecule has 1 aliphatic heterocycles. The summed E-state index contributed by atoms with van der Waals surface area (Å²) in [5.41, 5.74) is 0.576. The van der Waals surface area contributed by atoms with E-state index in [2.05, 4.69) is 10.6 Å². The summed E-state index contributed by atoms with van der Waals surface area (Å²) in [6.45, 7) is 2.95. The van der Waals surface area contributed by atoms with Crippen LogP contribution in [0.15, 0.2) is 29.2 Å². The second-order valence-electron chi connectivity index (χ2n) is 5.69. The Morgan fingerprint density at radius 1 is 1.33 bits per heavy atom. The normalized spacial score (nSPS) is 21.2. The largest absolute Gasteiger partial charge is 0.352 e. The van der Waals surface area contributed by atoms with Crippen molar-refractivity contribution in [1.82, 2.24) is 10.6 Å². The zero-order chi connectivity index (χ0) is 17.0. The number of alkyl halides is 2. The minimum absolute atomic E-state index is 0. The van der Waals surface area contributed by atoms with Gasteiger partial charge in [-0.15, -0.1) is 12.4 Å². The van der Waals surface area contributed by atoms with Crippen molar-refractivity contribution in [2.24, 2.45) is 0 Å². The Bertz CT molecular complexity index is 653. The predicted molar refractivity (Wildman–Crippen MR) is 89.2 cm³/mol. The van der Waals surface area contributed by atoms with Crippen LogP contribution < -0.4 is 10.6 Å². The van der Waals surface area contributed by atoms with Gasteiger partial charge in [-0.05, 0) is 44.0 Å². The Morgan fingerprint density at radius 3 is 2.50 bits per heavy atom. The molecular formula is C15H21ClF2N2O3S. The lowest BCUT2D eigenvalue weighted by Crippen LogP contribution is -2.52. The topological polar surface area (TPSA) is 75.3 Å². The minimum atomic E-state index is -4.59. The van der Waals surface area contributed by atoms with Gasteiger partial charge in [0.1, 0.15) is 0 Å². The lowest BCUT2D eigenvalue weighted by atomic mass is 9.99. The van der Waals surface area contributed by atoms with E-state index in [4.69, 9.17) is 0 Å². The van der Waals surface area contributed by atoms with Crippen LogP contribution in [0.1, 0.15) is 25.3 Å². The molecule has 0 saturated carbocycles. The highest BCUT2D eigenvalue weighted by Crippen LogP contribution is 2.19. The van der Waals surface area contributed by atoms with Gasteiger partial charge < -0.3 is 10.6 Å². The van der Waals surface area contributed by atoms with Crippen LogP contribution in [-0.2, 0) is 21.1 Å². The third kappa shape index (κ3) is 5.12. The molecule has 5 nitrogen and oxygen atoms in total. The summed E-state index contributed by atoms with van der Waals surface area (Å²) in [6, 6.07) is 5.25. The summed E-state index contributed by atoms with van der Waals surface area (Å²) in [5, 5.41) is 6.22. The van der Waals surface area contributed by atoms with Crippen molar-refractivity contribution in [3.63, 3.8) is 0 Å². The quantitative estimate of drug-likeness (QED) is 0.815. The summed E-state index contributed by atoms with van der Waals surface area (Å²) in [4.78, 5) is 11.6. The van der Waals surface area contributed by atoms with Crippen molar-refractivity contribution < 1.29 is 22.0 Å². The molecule has 2 N–H and O–H groups in total. The number of sulfone groups is 1. The fraction of sp³-hybridized carbons (Fsp3) is 0.533. The van der Waals surface area contributed by atoms with Crippen molar-refractivity contribution in [2.45, 2.75) is 48.9 Å². The number of halogens is 3. The molecule has 0 spiro atoms. The first-order valence-electron chi connectivity index (χ1n) is 7.44. The molecule has 1 aromatic carbocycles. The van der Waals surface area contributed by atoms with E-state index in [9.17, 15) is 22.0 Å². The van der Waals surface area contributed by atoms with Gasteiger partial charge in [0.2, 0.25) is 15.7 Å². The Labute approximate surface area is 146 Å². The van der Waals surface area contributed by atoms with Gasteiger partial charge in [0.15, 0.2) is 0 Å². The first-order valence-corrected chi connectivity index (χ1v) is 8.99. The zero-order valence-electron chi connectivity index (χ0n) is 13.2. The lowest BCUT2D eigenvalue weighted by molar-refractivity contribution is -0.121. The molecule has 1 saturated heterocycles. The standard InChI is InChI=1S/C15H20F2N2O3S.ClH/c1-10-13(3-2-8-18-10)19-14(20)9-11-4-6-12(7-5-11)23(21,22)15(16)17;/h4-7,10,13,15,18H,2-3,8-9H2,1H3,(H,19,20);1H. The molecule has 1 fully saturated rings. The van der Waals surface area contributed by atoms with E-state index < -0.39 is 20.5 Å². The number of hydrogen-bond donors (Lipinski definition) is 2. The molecule has 24 heavy (non-hydrogen) atoms. The average Bonchev–Trinajstić information content (AvgIpc) is 2.50. The third-order valence-electron chi connectivity index (χ3n) is 3.96. The van der Waals surface area contributed by atoms with Crippen molar-refractivity contribution in [2.75, 3.05) is 6.54 Å². The van der Waals surface area contributed by atoms with E-state index in [1.807, 2.05) is 6.92 Å². The summed E-state index contributed by atoms with van der Waals surface area (Å²) in [6.07, 6.45) is 1.99. The van der Waals surface area contributed by atoms with Gasteiger partial charge in [-0.3, -0.25) is 4.79 Å². The average molecular weight is 383 g/mol. The molecule has 9 heteroatoms. The number of hydrogen-bond acceptors (Lipinski definition) is 4. The Kier molecular flexibility index (Phi) is 7.56. The van der Waals surface area contributed by atoms with Gasteiger partial charge in [0, 0.05) is 12.1 Å². The summed E-state index contributed by atoms with van der Waals surface area (Å²) < 4.78 is 47.6. The van der Waals surface area contributed by atoms with Crippen LogP contribution in [0.3, 0.4) is 0 Å². The van der Waals surface area contributed by atoms with Crippen LogP contribution in [0, 0.1) is 0 Å². The van der Waals surface area contributed by atoms with E-state index >= 15 is 0 Å². The molecule has 136 valence electrons. The Hall–Kier alpha value is -1.25. The number of carbonyl (C=O) groups excluding carboxylic acids is 1. The summed E-state index contributed by atoms with van der Waals surface area (Å²) >= 11 is 0. The van der Waals surface area contributed by atoms with Gasteiger partial charge in [0.05, 0.1) is 11.3 Å². The van der Waals surface area contributed by atoms with E-state index in [-0.39, 0.29) is 36.8 Å². The Balaban J connectivity index is 0.00000288. The minimum Gasteiger partial charge on any atom is -0.352 e. The van der Waals surface area contributed by atoms with Gasteiger partial charge in [-0.1, -0.05) is 12.1 Å². The molecule has 1 aromatic rings. The first kappa shape index (κ1) is 20.8. The van der Waals surface area contributed by atoms with Crippen molar-refractivity contribution >= 4 is 28.2 Å². The van der Waals surface area contributed by atoms with Gasteiger partial charge in [-0.25, -0.2) is 8.42 Å². The Morgan fingerprint density at radius 2 is 1.96 bits per heavy atom. The number of carbonyl (C=O) groups is 1. The molecule has 2 rings (SSSR count). The van der Waals surface area contributed by atoms with Crippen LogP contribution in [0.25, 0.3) is 0 Å². The second-order valence-corrected chi connectivity index (χ2v) is 7.60.